The number of hydrogen-bond donors (Lipinski definition) is 0. The van der Waals surface area contributed by atoms with Crippen molar-refractivity contribution in [2.24, 2.45) is 5.92 Å². The lowest BCUT2D eigenvalue weighted by atomic mass is 10.0. The van der Waals surface area contributed by atoms with Crippen molar-refractivity contribution in [2.75, 3.05) is 45.9 Å². The third-order valence-electron chi connectivity index (χ3n) is 5.64. The number of carbonyl (C=O) groups excluding carboxylic acids is 2. The molecule has 0 unspecified atom stereocenters. The van der Waals surface area contributed by atoms with Crippen LogP contribution in [0.1, 0.15) is 37.0 Å². The number of piperazine rings is 1. The minimum atomic E-state index is -3.68. The Balaban J connectivity index is 1.74. The van der Waals surface area contributed by atoms with Crippen molar-refractivity contribution < 1.29 is 22.7 Å². The molecule has 1 aromatic rings. The molecule has 0 aromatic heterocycles. The molecule has 2 heterocycles. The molecule has 0 bridgehead atoms. The van der Waals surface area contributed by atoms with E-state index < -0.39 is 16.1 Å². The van der Waals surface area contributed by atoms with Crippen molar-refractivity contribution in [1.29, 1.82) is 0 Å². The third kappa shape index (κ3) is 4.90. The fraction of sp³-hybridized carbons (Fsp3) is 0.600. The molecule has 2 fully saturated rings. The van der Waals surface area contributed by atoms with Gasteiger partial charge in [0.15, 0.2) is 0 Å². The zero-order valence-corrected chi connectivity index (χ0v) is 18.9. The van der Waals surface area contributed by atoms with Crippen LogP contribution < -0.4 is 0 Å². The van der Waals surface area contributed by atoms with Gasteiger partial charge in [-0.05, 0) is 43.9 Å². The van der Waals surface area contributed by atoms with Gasteiger partial charge in [0.1, 0.15) is 0 Å². The number of carbonyl (C=O) groups is 2. The molecular weight excluding hydrogens is 430 g/mol. The van der Waals surface area contributed by atoms with Gasteiger partial charge in [0.05, 0.1) is 22.1 Å². The summed E-state index contributed by atoms with van der Waals surface area (Å²) in [5.74, 6) is 0.167. The van der Waals surface area contributed by atoms with Gasteiger partial charge in [-0.1, -0.05) is 18.5 Å². The van der Waals surface area contributed by atoms with E-state index in [1.807, 2.05) is 0 Å². The molecule has 10 heteroatoms. The number of hydrogen-bond acceptors (Lipinski definition) is 5. The number of nitrogens with zero attached hydrogens (tertiary/aromatic N) is 3. The van der Waals surface area contributed by atoms with Crippen molar-refractivity contribution in [1.82, 2.24) is 14.1 Å². The van der Waals surface area contributed by atoms with Gasteiger partial charge >= 0.3 is 6.09 Å². The van der Waals surface area contributed by atoms with Gasteiger partial charge in [0.2, 0.25) is 10.0 Å². The van der Waals surface area contributed by atoms with Crippen molar-refractivity contribution in [3.05, 3.63) is 28.8 Å². The SMILES string of the molecule is CCOC(=O)N1CCN(C(=O)c2cc(S(=O)(=O)N3CCC(C)CC3)ccc2Cl)CC1. The van der Waals surface area contributed by atoms with Crippen LogP contribution in [0.25, 0.3) is 0 Å². The first-order chi connectivity index (χ1) is 14.2. The maximum atomic E-state index is 13.0. The number of piperidine rings is 1. The van der Waals surface area contributed by atoms with Crippen molar-refractivity contribution in [2.45, 2.75) is 31.6 Å². The van der Waals surface area contributed by atoms with E-state index in [-0.39, 0.29) is 21.4 Å². The number of amides is 2. The second-order valence-electron chi connectivity index (χ2n) is 7.71. The minimum Gasteiger partial charge on any atom is -0.450 e. The van der Waals surface area contributed by atoms with E-state index in [4.69, 9.17) is 16.3 Å². The van der Waals surface area contributed by atoms with Crippen molar-refractivity contribution in [3.8, 4) is 0 Å². The first-order valence-corrected chi connectivity index (χ1v) is 12.1. The molecule has 0 radical (unpaired) electrons. The van der Waals surface area contributed by atoms with Gasteiger partial charge < -0.3 is 14.5 Å². The van der Waals surface area contributed by atoms with E-state index in [9.17, 15) is 18.0 Å². The quantitative estimate of drug-likeness (QED) is 0.693. The summed E-state index contributed by atoms with van der Waals surface area (Å²) in [7, 11) is -3.68. The summed E-state index contributed by atoms with van der Waals surface area (Å²) in [5.41, 5.74) is 0.160. The molecule has 3 rings (SSSR count). The minimum absolute atomic E-state index is 0.0787. The predicted octanol–water partition coefficient (Wildman–Crippen LogP) is 2.67. The van der Waals surface area contributed by atoms with Crippen LogP contribution in [0, 0.1) is 5.92 Å². The predicted molar refractivity (Wildman–Crippen MR) is 113 cm³/mol. The van der Waals surface area contributed by atoms with Crippen LogP contribution in [0.5, 0.6) is 0 Å². The normalized spacial score (nSPS) is 19.0. The summed E-state index contributed by atoms with van der Waals surface area (Å²) >= 11 is 6.25. The van der Waals surface area contributed by atoms with E-state index in [0.717, 1.165) is 12.8 Å². The van der Waals surface area contributed by atoms with Crippen LogP contribution in [0.4, 0.5) is 4.79 Å². The van der Waals surface area contributed by atoms with Gasteiger partial charge in [0, 0.05) is 39.3 Å². The molecule has 2 aliphatic rings. The molecule has 1 aromatic carbocycles. The topological polar surface area (TPSA) is 87.2 Å². The van der Waals surface area contributed by atoms with Crippen molar-refractivity contribution in [3.63, 3.8) is 0 Å². The highest BCUT2D eigenvalue weighted by molar-refractivity contribution is 7.89. The fourth-order valence-corrected chi connectivity index (χ4v) is 5.38. The van der Waals surface area contributed by atoms with Crippen molar-refractivity contribution >= 4 is 33.6 Å². The molecule has 166 valence electrons. The van der Waals surface area contributed by atoms with E-state index in [2.05, 4.69) is 6.92 Å². The van der Waals surface area contributed by atoms with Gasteiger partial charge in [0.25, 0.3) is 5.91 Å². The summed E-state index contributed by atoms with van der Waals surface area (Å²) < 4.78 is 32.5. The Morgan fingerprint density at radius 1 is 1.07 bits per heavy atom. The molecule has 0 N–H and O–H groups in total. The van der Waals surface area contributed by atoms with Crippen LogP contribution >= 0.6 is 11.6 Å². The first kappa shape index (κ1) is 22.8. The Labute approximate surface area is 182 Å². The molecule has 0 saturated carbocycles. The largest absolute Gasteiger partial charge is 0.450 e. The number of ether oxygens (including phenoxy) is 1. The van der Waals surface area contributed by atoms with Crippen LogP contribution in [0.3, 0.4) is 0 Å². The average Bonchev–Trinajstić information content (AvgIpc) is 2.74. The molecule has 8 nitrogen and oxygen atoms in total. The standard InChI is InChI=1S/C20H28ClN3O5S/c1-3-29-20(26)23-12-10-22(11-13-23)19(25)17-14-16(4-5-18(17)21)30(27,28)24-8-6-15(2)7-9-24/h4-5,14-15H,3,6-13H2,1-2H3. The third-order valence-corrected chi connectivity index (χ3v) is 7.87. The number of sulfonamides is 1. The maximum Gasteiger partial charge on any atom is 0.409 e. The molecule has 2 aliphatic heterocycles. The number of halogens is 1. The molecular formula is C20H28ClN3O5S. The van der Waals surface area contributed by atoms with E-state index in [1.165, 1.54) is 22.5 Å². The Kier molecular flexibility index (Phi) is 7.26. The lowest BCUT2D eigenvalue weighted by Crippen LogP contribution is -2.50. The smallest absolute Gasteiger partial charge is 0.409 e. The van der Waals surface area contributed by atoms with Gasteiger partial charge in [-0.15, -0.1) is 0 Å². The lowest BCUT2D eigenvalue weighted by molar-refractivity contribution is 0.0570. The van der Waals surface area contributed by atoms with Crippen LogP contribution in [-0.2, 0) is 14.8 Å². The zero-order chi connectivity index (χ0) is 21.9. The maximum absolute atomic E-state index is 13.0. The summed E-state index contributed by atoms with van der Waals surface area (Å²) in [6.07, 6.45) is 1.25. The summed E-state index contributed by atoms with van der Waals surface area (Å²) in [6.45, 7) is 6.47. The van der Waals surface area contributed by atoms with E-state index in [0.29, 0.717) is 51.8 Å². The van der Waals surface area contributed by atoms with Crippen LogP contribution in [-0.4, -0.2) is 80.4 Å². The molecule has 2 saturated heterocycles. The fourth-order valence-electron chi connectivity index (χ4n) is 3.68. The average molecular weight is 458 g/mol. The summed E-state index contributed by atoms with van der Waals surface area (Å²) in [4.78, 5) is 28.1. The Morgan fingerprint density at radius 3 is 2.27 bits per heavy atom. The molecule has 30 heavy (non-hydrogen) atoms. The molecule has 0 atom stereocenters. The van der Waals surface area contributed by atoms with Crippen LogP contribution in [0.2, 0.25) is 5.02 Å². The summed E-state index contributed by atoms with van der Waals surface area (Å²) in [5, 5.41) is 0.207. The highest BCUT2D eigenvalue weighted by Crippen LogP contribution is 2.27. The van der Waals surface area contributed by atoms with Crippen LogP contribution in [0.15, 0.2) is 23.1 Å². The second kappa shape index (κ2) is 9.53. The van der Waals surface area contributed by atoms with E-state index in [1.54, 1.807) is 16.7 Å². The van der Waals surface area contributed by atoms with Gasteiger partial charge in [-0.2, -0.15) is 4.31 Å². The van der Waals surface area contributed by atoms with Gasteiger partial charge in [-0.3, -0.25) is 4.79 Å². The Morgan fingerprint density at radius 2 is 1.67 bits per heavy atom. The first-order valence-electron chi connectivity index (χ1n) is 10.2. The lowest BCUT2D eigenvalue weighted by Gasteiger charge is -2.34. The Bertz CT molecular complexity index is 892. The second-order valence-corrected chi connectivity index (χ2v) is 10.1. The molecule has 0 spiro atoms. The monoisotopic (exact) mass is 457 g/mol. The number of benzene rings is 1. The van der Waals surface area contributed by atoms with E-state index >= 15 is 0 Å². The van der Waals surface area contributed by atoms with Gasteiger partial charge in [-0.25, -0.2) is 13.2 Å². The molecule has 0 aliphatic carbocycles. The summed E-state index contributed by atoms with van der Waals surface area (Å²) in [6, 6.07) is 4.28. The molecule has 2 amide bonds. The highest BCUT2D eigenvalue weighted by Gasteiger charge is 2.31. The zero-order valence-electron chi connectivity index (χ0n) is 17.3. The Hall–Kier alpha value is -1.84. The highest BCUT2D eigenvalue weighted by atomic mass is 35.5. The number of rotatable bonds is 4.